The van der Waals surface area contributed by atoms with Crippen LogP contribution < -0.4 is 5.32 Å². The molecule has 0 radical (unpaired) electrons. The number of rotatable bonds is 2. The molecule has 2 fully saturated rings. The van der Waals surface area contributed by atoms with Gasteiger partial charge in [0.25, 0.3) is 0 Å². The van der Waals surface area contributed by atoms with Gasteiger partial charge in [0.15, 0.2) is 0 Å². The van der Waals surface area contributed by atoms with Gasteiger partial charge in [-0.05, 0) is 50.1 Å². The molecule has 6 heteroatoms. The summed E-state index contributed by atoms with van der Waals surface area (Å²) < 4.78 is 39.9. The van der Waals surface area contributed by atoms with Crippen LogP contribution in [-0.4, -0.2) is 37.9 Å². The minimum Gasteiger partial charge on any atom is -0.315 e. The second-order valence-electron chi connectivity index (χ2n) is 5.36. The van der Waals surface area contributed by atoms with E-state index in [2.05, 4.69) is 5.32 Å². The van der Waals surface area contributed by atoms with Crippen molar-refractivity contribution in [1.29, 1.82) is 0 Å². The van der Waals surface area contributed by atoms with Crippen molar-refractivity contribution in [2.24, 2.45) is 5.92 Å². The summed E-state index contributed by atoms with van der Waals surface area (Å²) in [5.41, 5.74) is 0. The van der Waals surface area contributed by atoms with Gasteiger partial charge in [0.05, 0.1) is 4.90 Å². The Hall–Kier alpha value is -0.980. The van der Waals surface area contributed by atoms with Crippen molar-refractivity contribution < 1.29 is 12.8 Å². The molecular weight excluding hydrogens is 267 g/mol. The maximum atomic E-state index is 12.9. The zero-order chi connectivity index (χ0) is 13.6. The smallest absolute Gasteiger partial charge is 0.243 e. The number of hydrogen-bond acceptors (Lipinski definition) is 3. The molecule has 0 saturated carbocycles. The molecule has 0 bridgehead atoms. The molecule has 1 aromatic rings. The van der Waals surface area contributed by atoms with Gasteiger partial charge in [0, 0.05) is 18.6 Å². The van der Waals surface area contributed by atoms with Crippen molar-refractivity contribution in [3.63, 3.8) is 0 Å². The summed E-state index contributed by atoms with van der Waals surface area (Å²) >= 11 is 0. The molecule has 2 aliphatic rings. The normalized spacial score (nSPS) is 31.6. The Balaban J connectivity index is 1.97. The highest BCUT2D eigenvalue weighted by Gasteiger charge is 2.47. The SMILES string of the molecule is CC1CC2CNCC2N1S(=O)(=O)c1ccc(F)cc1. The topological polar surface area (TPSA) is 49.4 Å². The van der Waals surface area contributed by atoms with Gasteiger partial charge in [0.2, 0.25) is 10.0 Å². The van der Waals surface area contributed by atoms with E-state index < -0.39 is 15.8 Å². The number of sulfonamides is 1. The molecule has 4 nitrogen and oxygen atoms in total. The van der Waals surface area contributed by atoms with Gasteiger partial charge >= 0.3 is 0 Å². The van der Waals surface area contributed by atoms with Crippen LogP contribution in [0, 0.1) is 11.7 Å². The first kappa shape index (κ1) is 13.0. The van der Waals surface area contributed by atoms with Crippen LogP contribution >= 0.6 is 0 Å². The summed E-state index contributed by atoms with van der Waals surface area (Å²) in [6.07, 6.45) is 0.887. The van der Waals surface area contributed by atoms with E-state index in [4.69, 9.17) is 0 Å². The number of nitrogens with zero attached hydrogens (tertiary/aromatic N) is 1. The van der Waals surface area contributed by atoms with Crippen molar-refractivity contribution in [2.45, 2.75) is 30.3 Å². The lowest BCUT2D eigenvalue weighted by Crippen LogP contribution is -2.42. The average molecular weight is 284 g/mol. The van der Waals surface area contributed by atoms with Crippen molar-refractivity contribution in [3.05, 3.63) is 30.1 Å². The van der Waals surface area contributed by atoms with E-state index in [1.54, 1.807) is 4.31 Å². The van der Waals surface area contributed by atoms with E-state index >= 15 is 0 Å². The van der Waals surface area contributed by atoms with E-state index in [1.165, 1.54) is 24.3 Å². The fourth-order valence-electron chi connectivity index (χ4n) is 3.27. The third-order valence-corrected chi connectivity index (χ3v) is 6.15. The van der Waals surface area contributed by atoms with Gasteiger partial charge in [-0.3, -0.25) is 0 Å². The second kappa shape index (κ2) is 4.54. The van der Waals surface area contributed by atoms with Gasteiger partial charge in [0.1, 0.15) is 5.82 Å². The number of halogens is 1. The maximum Gasteiger partial charge on any atom is 0.243 e. The highest BCUT2D eigenvalue weighted by atomic mass is 32.2. The Bertz CT molecular complexity index is 573. The van der Waals surface area contributed by atoms with Crippen molar-refractivity contribution in [2.75, 3.05) is 13.1 Å². The number of fused-ring (bicyclic) bond motifs is 1. The van der Waals surface area contributed by atoms with Crippen LogP contribution in [0.5, 0.6) is 0 Å². The fraction of sp³-hybridized carbons (Fsp3) is 0.538. The van der Waals surface area contributed by atoms with E-state index in [-0.39, 0.29) is 17.0 Å². The molecule has 1 N–H and O–H groups in total. The zero-order valence-corrected chi connectivity index (χ0v) is 11.5. The van der Waals surface area contributed by atoms with Crippen molar-refractivity contribution in [3.8, 4) is 0 Å². The van der Waals surface area contributed by atoms with E-state index in [0.29, 0.717) is 12.5 Å². The van der Waals surface area contributed by atoms with Crippen molar-refractivity contribution >= 4 is 10.0 Å². The predicted molar refractivity (Wildman–Crippen MR) is 69.7 cm³/mol. The Morgan fingerprint density at radius 2 is 1.95 bits per heavy atom. The van der Waals surface area contributed by atoms with Crippen LogP contribution in [0.1, 0.15) is 13.3 Å². The molecule has 0 spiro atoms. The molecule has 1 aromatic carbocycles. The summed E-state index contributed by atoms with van der Waals surface area (Å²) in [7, 11) is -3.53. The van der Waals surface area contributed by atoms with Crippen LogP contribution in [-0.2, 0) is 10.0 Å². The average Bonchev–Trinajstić information content (AvgIpc) is 2.88. The molecule has 2 aliphatic heterocycles. The third kappa shape index (κ3) is 2.07. The molecule has 19 heavy (non-hydrogen) atoms. The summed E-state index contributed by atoms with van der Waals surface area (Å²) in [6, 6.07) is 5.10. The molecule has 0 amide bonds. The summed E-state index contributed by atoms with van der Waals surface area (Å²) in [5, 5.41) is 3.24. The van der Waals surface area contributed by atoms with Gasteiger partial charge in [-0.25, -0.2) is 12.8 Å². The number of nitrogens with one attached hydrogen (secondary N) is 1. The van der Waals surface area contributed by atoms with Gasteiger partial charge in [-0.1, -0.05) is 0 Å². The minimum absolute atomic E-state index is 0.00662. The van der Waals surface area contributed by atoms with Crippen molar-refractivity contribution in [1.82, 2.24) is 9.62 Å². The minimum atomic E-state index is -3.53. The van der Waals surface area contributed by atoms with Crippen LogP contribution in [0.15, 0.2) is 29.2 Å². The quantitative estimate of drug-likeness (QED) is 0.887. The Morgan fingerprint density at radius 1 is 1.26 bits per heavy atom. The maximum absolute atomic E-state index is 12.9. The summed E-state index contributed by atoms with van der Waals surface area (Å²) in [5.74, 6) is -0.0287. The van der Waals surface area contributed by atoms with Crippen LogP contribution in [0.25, 0.3) is 0 Å². The molecule has 3 atom stereocenters. The Morgan fingerprint density at radius 3 is 2.63 bits per heavy atom. The molecule has 3 unspecified atom stereocenters. The molecule has 0 aliphatic carbocycles. The highest BCUT2D eigenvalue weighted by molar-refractivity contribution is 7.89. The molecule has 104 valence electrons. The van der Waals surface area contributed by atoms with Gasteiger partial charge in [-0.15, -0.1) is 0 Å². The monoisotopic (exact) mass is 284 g/mol. The summed E-state index contributed by atoms with van der Waals surface area (Å²) in [6.45, 7) is 3.53. The number of hydrogen-bond donors (Lipinski definition) is 1. The third-order valence-electron chi connectivity index (χ3n) is 4.10. The van der Waals surface area contributed by atoms with Crippen LogP contribution in [0.3, 0.4) is 0 Å². The van der Waals surface area contributed by atoms with Crippen LogP contribution in [0.2, 0.25) is 0 Å². The Labute approximate surface area is 112 Å². The first-order valence-electron chi connectivity index (χ1n) is 6.50. The largest absolute Gasteiger partial charge is 0.315 e. The lowest BCUT2D eigenvalue weighted by molar-refractivity contribution is 0.335. The van der Waals surface area contributed by atoms with E-state index in [1.807, 2.05) is 6.92 Å². The van der Waals surface area contributed by atoms with Crippen LogP contribution in [0.4, 0.5) is 4.39 Å². The lowest BCUT2D eigenvalue weighted by Gasteiger charge is -2.26. The molecule has 0 aromatic heterocycles. The summed E-state index contributed by atoms with van der Waals surface area (Å²) in [4.78, 5) is 0.174. The molecule has 2 saturated heterocycles. The second-order valence-corrected chi connectivity index (χ2v) is 7.20. The van der Waals surface area contributed by atoms with Gasteiger partial charge < -0.3 is 5.32 Å². The Kier molecular flexibility index (Phi) is 3.11. The molecule has 2 heterocycles. The first-order chi connectivity index (χ1) is 9.00. The highest BCUT2D eigenvalue weighted by Crippen LogP contribution is 2.36. The van der Waals surface area contributed by atoms with Gasteiger partial charge in [-0.2, -0.15) is 4.31 Å². The number of benzene rings is 1. The first-order valence-corrected chi connectivity index (χ1v) is 7.94. The fourth-order valence-corrected chi connectivity index (χ4v) is 5.16. The lowest BCUT2D eigenvalue weighted by atomic mass is 10.0. The van der Waals surface area contributed by atoms with E-state index in [0.717, 1.165) is 13.0 Å². The predicted octanol–water partition coefficient (Wildman–Crippen LogP) is 1.20. The molecule has 3 rings (SSSR count). The van der Waals surface area contributed by atoms with E-state index in [9.17, 15) is 12.8 Å². The zero-order valence-electron chi connectivity index (χ0n) is 10.7. The molecular formula is C13H17FN2O2S. The standard InChI is InChI=1S/C13H17FN2O2S/c1-9-6-10-7-15-8-13(10)16(9)19(17,18)12-4-2-11(14)3-5-12/h2-5,9-10,13,15H,6-8H2,1H3.